The van der Waals surface area contributed by atoms with Gasteiger partial charge in [0.25, 0.3) is 0 Å². The van der Waals surface area contributed by atoms with Gasteiger partial charge in [-0.15, -0.1) is 0 Å². The smallest absolute Gasteiger partial charge is 0.191 e. The largest absolute Gasteiger partial charge is 0.231 e. The zero-order valence-corrected chi connectivity index (χ0v) is 14.0. The summed E-state index contributed by atoms with van der Waals surface area (Å²) in [6.07, 6.45) is 3.54. The Morgan fingerprint density at radius 1 is 0.783 bits per heavy atom. The molecule has 0 atom stereocenters. The van der Waals surface area contributed by atoms with Crippen LogP contribution >= 0.6 is 11.8 Å². The molecule has 0 fully saturated rings. The van der Waals surface area contributed by atoms with Gasteiger partial charge < -0.3 is 0 Å². The number of rotatable bonds is 4. The minimum Gasteiger partial charge on any atom is -0.231 e. The van der Waals surface area contributed by atoms with E-state index >= 15 is 0 Å². The summed E-state index contributed by atoms with van der Waals surface area (Å²) in [4.78, 5) is 8.58. The van der Waals surface area contributed by atoms with Crippen LogP contribution in [0.3, 0.4) is 0 Å². The predicted octanol–water partition coefficient (Wildman–Crippen LogP) is 5.27. The number of aromatic nitrogens is 2. The molecule has 0 aliphatic rings. The molecule has 3 rings (SSSR count). The first kappa shape index (κ1) is 15.5. The monoisotopic (exact) mass is 318 g/mol. The minimum atomic E-state index is 0.757. The summed E-state index contributed by atoms with van der Waals surface area (Å²) < 4.78 is 0. The van der Waals surface area contributed by atoms with Crippen molar-refractivity contribution in [3.63, 3.8) is 0 Å². The number of aryl methyl sites for hydroxylation is 2. The summed E-state index contributed by atoms with van der Waals surface area (Å²) in [6, 6.07) is 18.8. The van der Waals surface area contributed by atoms with Crippen molar-refractivity contribution >= 4 is 17.3 Å². The van der Waals surface area contributed by atoms with E-state index in [0.29, 0.717) is 0 Å². The molecule has 0 aliphatic heterocycles. The Hall–Kier alpha value is -2.39. The molecule has 0 bridgehead atoms. The molecule has 0 spiro atoms. The predicted molar refractivity (Wildman–Crippen MR) is 97.3 cm³/mol. The lowest BCUT2D eigenvalue weighted by Crippen LogP contribution is -1.94. The van der Waals surface area contributed by atoms with Gasteiger partial charge in [-0.05, 0) is 53.1 Å². The standard InChI is InChI=1S/C20H18N2S/c1-15-8-3-5-10-17(15)19(18-11-6-4-9-16(18)2)14-23-20-21-12-7-13-22-20/h3-14H,1-2H3. The number of hydrogen-bond donors (Lipinski definition) is 0. The number of hydrogen-bond acceptors (Lipinski definition) is 3. The fourth-order valence-electron chi connectivity index (χ4n) is 2.48. The van der Waals surface area contributed by atoms with Crippen molar-refractivity contribution in [3.05, 3.63) is 94.7 Å². The van der Waals surface area contributed by atoms with E-state index in [2.05, 4.69) is 77.8 Å². The topological polar surface area (TPSA) is 25.8 Å². The average molecular weight is 318 g/mol. The van der Waals surface area contributed by atoms with Crippen molar-refractivity contribution < 1.29 is 0 Å². The first-order chi connectivity index (χ1) is 11.3. The molecule has 0 N–H and O–H groups in total. The highest BCUT2D eigenvalue weighted by Gasteiger charge is 2.10. The van der Waals surface area contributed by atoms with Crippen LogP contribution in [-0.4, -0.2) is 9.97 Å². The van der Waals surface area contributed by atoms with Crippen LogP contribution in [0.4, 0.5) is 0 Å². The lowest BCUT2D eigenvalue weighted by Gasteiger charge is -2.13. The second-order valence-corrected chi connectivity index (χ2v) is 6.15. The summed E-state index contributed by atoms with van der Waals surface area (Å²) in [5.41, 5.74) is 6.21. The van der Waals surface area contributed by atoms with E-state index in [4.69, 9.17) is 0 Å². The molecule has 0 radical (unpaired) electrons. The van der Waals surface area contributed by atoms with Gasteiger partial charge in [0.15, 0.2) is 5.16 Å². The van der Waals surface area contributed by atoms with Crippen molar-refractivity contribution in [2.45, 2.75) is 19.0 Å². The molecule has 0 amide bonds. The Kier molecular flexibility index (Phi) is 4.89. The second kappa shape index (κ2) is 7.25. The van der Waals surface area contributed by atoms with Gasteiger partial charge in [-0.1, -0.05) is 60.3 Å². The fourth-order valence-corrected chi connectivity index (χ4v) is 3.20. The SMILES string of the molecule is Cc1ccccc1C(=CSc1ncccn1)c1ccccc1C. The van der Waals surface area contributed by atoms with E-state index in [0.717, 1.165) is 5.16 Å². The molecule has 1 aromatic heterocycles. The Labute approximate surface area is 141 Å². The third-order valence-corrected chi connectivity index (χ3v) is 4.47. The molecule has 0 unspecified atom stereocenters. The van der Waals surface area contributed by atoms with E-state index < -0.39 is 0 Å². The van der Waals surface area contributed by atoms with Crippen molar-refractivity contribution in [1.82, 2.24) is 9.97 Å². The lowest BCUT2D eigenvalue weighted by molar-refractivity contribution is 0.971. The van der Waals surface area contributed by atoms with Crippen LogP contribution in [0.1, 0.15) is 22.3 Å². The van der Waals surface area contributed by atoms with Gasteiger partial charge in [0.1, 0.15) is 0 Å². The van der Waals surface area contributed by atoms with E-state index in [9.17, 15) is 0 Å². The molecule has 0 saturated heterocycles. The van der Waals surface area contributed by atoms with Crippen LogP contribution in [0.15, 0.2) is 77.6 Å². The highest BCUT2D eigenvalue weighted by Crippen LogP contribution is 2.31. The van der Waals surface area contributed by atoms with Crippen molar-refractivity contribution in [1.29, 1.82) is 0 Å². The molecule has 3 aromatic rings. The second-order valence-electron chi connectivity index (χ2n) is 5.31. The highest BCUT2D eigenvalue weighted by molar-refractivity contribution is 8.02. The van der Waals surface area contributed by atoms with Gasteiger partial charge >= 0.3 is 0 Å². The highest BCUT2D eigenvalue weighted by atomic mass is 32.2. The Morgan fingerprint density at radius 2 is 1.30 bits per heavy atom. The molecule has 0 saturated carbocycles. The molecular weight excluding hydrogens is 300 g/mol. The summed E-state index contributed by atoms with van der Waals surface area (Å²) in [5, 5.41) is 2.91. The van der Waals surface area contributed by atoms with Crippen molar-refractivity contribution in [2.75, 3.05) is 0 Å². The maximum absolute atomic E-state index is 4.29. The van der Waals surface area contributed by atoms with Gasteiger partial charge in [-0.25, -0.2) is 9.97 Å². The Morgan fingerprint density at radius 3 is 1.83 bits per heavy atom. The average Bonchev–Trinajstić information content (AvgIpc) is 2.59. The molecule has 2 aromatic carbocycles. The van der Waals surface area contributed by atoms with E-state index in [1.54, 1.807) is 24.2 Å². The van der Waals surface area contributed by atoms with Crippen molar-refractivity contribution in [3.8, 4) is 0 Å². The zero-order chi connectivity index (χ0) is 16.1. The number of benzene rings is 2. The van der Waals surface area contributed by atoms with Crippen LogP contribution in [-0.2, 0) is 0 Å². The maximum atomic E-state index is 4.29. The first-order valence-electron chi connectivity index (χ1n) is 7.51. The molecule has 2 nitrogen and oxygen atoms in total. The van der Waals surface area contributed by atoms with Gasteiger partial charge in [0.2, 0.25) is 0 Å². The molecule has 0 aliphatic carbocycles. The van der Waals surface area contributed by atoms with E-state index in [1.807, 2.05) is 6.07 Å². The van der Waals surface area contributed by atoms with E-state index in [-0.39, 0.29) is 0 Å². The normalized spacial score (nSPS) is 10.3. The minimum absolute atomic E-state index is 0.757. The number of thioether (sulfide) groups is 1. The van der Waals surface area contributed by atoms with Crippen LogP contribution in [0.25, 0.3) is 5.57 Å². The zero-order valence-electron chi connectivity index (χ0n) is 13.2. The first-order valence-corrected chi connectivity index (χ1v) is 8.39. The Balaban J connectivity index is 2.07. The third kappa shape index (κ3) is 3.69. The third-order valence-electron chi connectivity index (χ3n) is 3.69. The van der Waals surface area contributed by atoms with Crippen molar-refractivity contribution in [2.24, 2.45) is 0 Å². The quantitative estimate of drug-likeness (QED) is 0.484. The lowest BCUT2D eigenvalue weighted by atomic mass is 9.93. The van der Waals surface area contributed by atoms with Crippen LogP contribution in [0.2, 0.25) is 0 Å². The summed E-state index contributed by atoms with van der Waals surface area (Å²) in [5.74, 6) is 0. The Bertz CT molecular complexity index is 778. The summed E-state index contributed by atoms with van der Waals surface area (Å²) >= 11 is 1.55. The van der Waals surface area contributed by atoms with Crippen LogP contribution in [0, 0.1) is 13.8 Å². The molecule has 1 heterocycles. The van der Waals surface area contributed by atoms with E-state index in [1.165, 1.54) is 27.8 Å². The van der Waals surface area contributed by atoms with Crippen LogP contribution < -0.4 is 0 Å². The maximum Gasteiger partial charge on any atom is 0.191 e. The van der Waals surface area contributed by atoms with Crippen LogP contribution in [0.5, 0.6) is 0 Å². The number of nitrogens with zero attached hydrogens (tertiary/aromatic N) is 2. The molecule has 23 heavy (non-hydrogen) atoms. The van der Waals surface area contributed by atoms with Gasteiger partial charge in [-0.3, -0.25) is 0 Å². The molecule has 3 heteroatoms. The van der Waals surface area contributed by atoms with Gasteiger partial charge in [0.05, 0.1) is 0 Å². The fraction of sp³-hybridized carbons (Fsp3) is 0.100. The van der Waals surface area contributed by atoms with Gasteiger partial charge in [-0.2, -0.15) is 0 Å². The molecule has 114 valence electrons. The van der Waals surface area contributed by atoms with Gasteiger partial charge in [0, 0.05) is 12.4 Å². The molecular formula is C20H18N2S. The summed E-state index contributed by atoms with van der Waals surface area (Å²) in [7, 11) is 0. The summed E-state index contributed by atoms with van der Waals surface area (Å²) in [6.45, 7) is 4.29.